The maximum atomic E-state index is 12.9. The van der Waals surface area contributed by atoms with Gasteiger partial charge in [0.25, 0.3) is 10.0 Å². The van der Waals surface area contributed by atoms with Crippen molar-refractivity contribution in [1.82, 2.24) is 20.0 Å². The van der Waals surface area contributed by atoms with Gasteiger partial charge in [-0.1, -0.05) is 0 Å². The molecule has 1 aliphatic heterocycles. The minimum absolute atomic E-state index is 0.227. The molecule has 3 heterocycles. The van der Waals surface area contributed by atoms with Gasteiger partial charge in [-0.3, -0.25) is 9.40 Å². The van der Waals surface area contributed by atoms with Crippen LogP contribution in [-0.4, -0.2) is 41.5 Å². The van der Waals surface area contributed by atoms with E-state index in [4.69, 9.17) is 0 Å². The zero-order valence-corrected chi connectivity index (χ0v) is 18.8. The monoisotopic (exact) mass is 441 g/mol. The van der Waals surface area contributed by atoms with Crippen LogP contribution >= 0.6 is 0 Å². The summed E-state index contributed by atoms with van der Waals surface area (Å²) in [6.45, 7) is 8.09. The molecule has 3 aromatic rings. The summed E-state index contributed by atoms with van der Waals surface area (Å²) in [4.78, 5) is 2.52. The fraction of sp³-hybridized carbons (Fsp3) is 0.381. The molecular formula is C21H27N7O2S. The topological polar surface area (TPSA) is 105 Å². The van der Waals surface area contributed by atoms with E-state index in [1.54, 1.807) is 49.0 Å². The molecule has 2 aromatic heterocycles. The van der Waals surface area contributed by atoms with Crippen LogP contribution in [0.1, 0.15) is 31.2 Å². The van der Waals surface area contributed by atoms with Crippen LogP contribution in [-0.2, 0) is 16.6 Å². The first-order chi connectivity index (χ1) is 14.9. The number of rotatable bonds is 7. The maximum Gasteiger partial charge on any atom is 0.265 e. The van der Waals surface area contributed by atoms with Crippen molar-refractivity contribution < 1.29 is 8.42 Å². The smallest absolute Gasteiger partial charge is 0.265 e. The molecule has 1 aromatic carbocycles. The van der Waals surface area contributed by atoms with Crippen LogP contribution < -0.4 is 14.9 Å². The fourth-order valence-corrected chi connectivity index (χ4v) is 5.39. The van der Waals surface area contributed by atoms with Crippen LogP contribution in [0.15, 0.2) is 41.4 Å². The van der Waals surface area contributed by atoms with Crippen molar-refractivity contribution in [3.05, 3.63) is 47.9 Å². The summed E-state index contributed by atoms with van der Waals surface area (Å²) in [5.74, 6) is 0.649. The third kappa shape index (κ3) is 4.48. The lowest BCUT2D eigenvalue weighted by atomic mass is 10.3. The van der Waals surface area contributed by atoms with Crippen LogP contribution in [0.4, 0.5) is 22.9 Å². The van der Waals surface area contributed by atoms with E-state index in [2.05, 4.69) is 30.2 Å². The van der Waals surface area contributed by atoms with Crippen molar-refractivity contribution >= 4 is 32.9 Å². The van der Waals surface area contributed by atoms with Gasteiger partial charge in [0.15, 0.2) is 5.82 Å². The molecule has 2 N–H and O–H groups in total. The Morgan fingerprint density at radius 3 is 2.39 bits per heavy atom. The lowest BCUT2D eigenvalue weighted by Gasteiger charge is -2.17. The minimum atomic E-state index is -3.73. The zero-order valence-electron chi connectivity index (χ0n) is 18.0. The fourth-order valence-electron chi connectivity index (χ4n) is 3.92. The molecule has 0 aliphatic carbocycles. The first kappa shape index (κ1) is 21.1. The molecule has 0 spiro atoms. The highest BCUT2D eigenvalue weighted by Gasteiger charge is 2.24. The van der Waals surface area contributed by atoms with Gasteiger partial charge >= 0.3 is 0 Å². The van der Waals surface area contributed by atoms with Gasteiger partial charge in [-0.2, -0.15) is 10.2 Å². The number of hydrogen-bond donors (Lipinski definition) is 2. The van der Waals surface area contributed by atoms with Gasteiger partial charge in [-0.05, 0) is 57.9 Å². The highest BCUT2D eigenvalue weighted by atomic mass is 32.2. The minimum Gasteiger partial charge on any atom is -0.370 e. The summed E-state index contributed by atoms with van der Waals surface area (Å²) < 4.78 is 30.2. The Morgan fingerprint density at radius 2 is 1.74 bits per heavy atom. The van der Waals surface area contributed by atoms with Crippen LogP contribution in [0.3, 0.4) is 0 Å². The molecule has 1 saturated heterocycles. The second-order valence-corrected chi connectivity index (χ2v) is 9.24. The lowest BCUT2D eigenvalue weighted by molar-refractivity contribution is 0.598. The van der Waals surface area contributed by atoms with Crippen LogP contribution in [0.5, 0.6) is 0 Å². The van der Waals surface area contributed by atoms with E-state index in [1.165, 1.54) is 12.8 Å². The van der Waals surface area contributed by atoms with Crippen molar-refractivity contribution in [3.8, 4) is 0 Å². The molecule has 1 aliphatic rings. The molecule has 0 saturated carbocycles. The van der Waals surface area contributed by atoms with Crippen molar-refractivity contribution in [1.29, 1.82) is 0 Å². The number of nitrogens with one attached hydrogen (secondary N) is 2. The first-order valence-corrected chi connectivity index (χ1v) is 11.9. The highest BCUT2D eigenvalue weighted by molar-refractivity contribution is 7.92. The summed E-state index contributed by atoms with van der Waals surface area (Å²) in [6, 6.07) is 9.01. The standard InChI is InChI=1S/C21H27N7O2S/c1-4-28-16(3)21(15(2)25-28)31(29,30)26-18-9-7-17(8-10-18)23-20-13-19(14-22-24-20)27-11-5-6-12-27/h7-10,13-14,26H,4-6,11-12H2,1-3H3,(H,23,24). The van der Waals surface area contributed by atoms with Gasteiger partial charge in [0.2, 0.25) is 0 Å². The first-order valence-electron chi connectivity index (χ1n) is 10.4. The number of nitrogens with zero attached hydrogens (tertiary/aromatic N) is 5. The number of aryl methyl sites for hydroxylation is 2. The Morgan fingerprint density at radius 1 is 1.06 bits per heavy atom. The SMILES string of the molecule is CCn1nc(C)c(S(=O)(=O)Nc2ccc(Nc3cc(N4CCCC4)cnn3)cc2)c1C. The molecule has 31 heavy (non-hydrogen) atoms. The summed E-state index contributed by atoms with van der Waals surface area (Å²) in [7, 11) is -3.73. The lowest BCUT2D eigenvalue weighted by Crippen LogP contribution is -2.18. The average Bonchev–Trinajstić information content (AvgIpc) is 3.37. The second-order valence-electron chi connectivity index (χ2n) is 7.62. The third-order valence-electron chi connectivity index (χ3n) is 5.40. The third-order valence-corrected chi connectivity index (χ3v) is 7.04. The number of hydrogen-bond acceptors (Lipinski definition) is 7. The molecule has 0 amide bonds. The number of sulfonamides is 1. The van der Waals surface area contributed by atoms with Gasteiger partial charge in [-0.25, -0.2) is 8.42 Å². The summed E-state index contributed by atoms with van der Waals surface area (Å²) in [5.41, 5.74) is 3.44. The molecule has 0 unspecified atom stereocenters. The van der Waals surface area contributed by atoms with Gasteiger partial charge in [0.1, 0.15) is 4.90 Å². The molecule has 0 radical (unpaired) electrons. The van der Waals surface area contributed by atoms with Gasteiger partial charge in [-0.15, -0.1) is 5.10 Å². The van der Waals surface area contributed by atoms with E-state index in [-0.39, 0.29) is 4.90 Å². The van der Waals surface area contributed by atoms with Crippen LogP contribution in [0, 0.1) is 13.8 Å². The largest absolute Gasteiger partial charge is 0.370 e. The van der Waals surface area contributed by atoms with Crippen molar-refractivity contribution in [3.63, 3.8) is 0 Å². The van der Waals surface area contributed by atoms with Crippen molar-refractivity contribution in [2.75, 3.05) is 28.0 Å². The predicted octanol–water partition coefficient (Wildman–Crippen LogP) is 3.45. The number of aromatic nitrogens is 4. The van der Waals surface area contributed by atoms with Gasteiger partial charge in [0, 0.05) is 37.1 Å². The van der Waals surface area contributed by atoms with E-state index in [0.29, 0.717) is 29.4 Å². The predicted molar refractivity (Wildman–Crippen MR) is 121 cm³/mol. The van der Waals surface area contributed by atoms with E-state index >= 15 is 0 Å². The Bertz CT molecular complexity index is 1170. The van der Waals surface area contributed by atoms with Crippen LogP contribution in [0.25, 0.3) is 0 Å². The van der Waals surface area contributed by atoms with Crippen molar-refractivity contribution in [2.45, 2.75) is 45.1 Å². The Labute approximate surface area is 182 Å². The van der Waals surface area contributed by atoms with Crippen LogP contribution in [0.2, 0.25) is 0 Å². The number of benzene rings is 1. The van der Waals surface area contributed by atoms with E-state index in [9.17, 15) is 8.42 Å². The zero-order chi connectivity index (χ0) is 22.0. The molecule has 164 valence electrons. The molecule has 9 nitrogen and oxygen atoms in total. The highest BCUT2D eigenvalue weighted by Crippen LogP contribution is 2.25. The molecule has 1 fully saturated rings. The Kier molecular flexibility index (Phi) is 5.81. The molecule has 0 atom stereocenters. The van der Waals surface area contributed by atoms with Gasteiger partial charge < -0.3 is 10.2 Å². The van der Waals surface area contributed by atoms with E-state index in [0.717, 1.165) is 24.5 Å². The number of anilines is 4. The van der Waals surface area contributed by atoms with E-state index in [1.807, 2.05) is 13.0 Å². The Balaban J connectivity index is 1.47. The summed E-state index contributed by atoms with van der Waals surface area (Å²) in [5, 5.41) is 15.8. The second kappa shape index (κ2) is 8.54. The van der Waals surface area contributed by atoms with Crippen molar-refractivity contribution in [2.24, 2.45) is 0 Å². The average molecular weight is 442 g/mol. The van der Waals surface area contributed by atoms with Gasteiger partial charge in [0.05, 0.1) is 23.3 Å². The molecule has 4 rings (SSSR count). The normalized spacial score (nSPS) is 14.1. The molecule has 0 bridgehead atoms. The maximum absolute atomic E-state index is 12.9. The summed E-state index contributed by atoms with van der Waals surface area (Å²) in [6.07, 6.45) is 4.17. The quantitative estimate of drug-likeness (QED) is 0.578. The molecular weight excluding hydrogens is 414 g/mol. The van der Waals surface area contributed by atoms with E-state index < -0.39 is 10.0 Å². The Hall–Kier alpha value is -3.14. The summed E-state index contributed by atoms with van der Waals surface area (Å²) >= 11 is 0. The molecule has 10 heteroatoms.